The van der Waals surface area contributed by atoms with Gasteiger partial charge in [-0.1, -0.05) is 23.8 Å². The van der Waals surface area contributed by atoms with Crippen molar-refractivity contribution in [2.45, 2.75) is 45.1 Å². The van der Waals surface area contributed by atoms with Crippen molar-refractivity contribution in [3.63, 3.8) is 0 Å². The monoisotopic (exact) mass is 458 g/mol. The molecule has 2 N–H and O–H groups in total. The maximum absolute atomic E-state index is 12.4. The number of benzene rings is 1. The molecule has 0 saturated heterocycles. The lowest BCUT2D eigenvalue weighted by atomic mass is 9.98. The van der Waals surface area contributed by atoms with Crippen LogP contribution in [0.15, 0.2) is 30.5 Å². The summed E-state index contributed by atoms with van der Waals surface area (Å²) in [7, 11) is -2.38. The molecule has 7 nitrogen and oxygen atoms in total. The third kappa shape index (κ3) is 5.54. The third-order valence-electron chi connectivity index (χ3n) is 5.17. The van der Waals surface area contributed by atoms with E-state index in [4.69, 9.17) is 4.74 Å². The van der Waals surface area contributed by atoms with Crippen LogP contribution in [-0.2, 0) is 14.4 Å². The van der Waals surface area contributed by atoms with Crippen molar-refractivity contribution in [2.24, 2.45) is 0 Å². The van der Waals surface area contributed by atoms with Gasteiger partial charge in [-0.2, -0.15) is 0 Å². The van der Waals surface area contributed by atoms with E-state index in [0.29, 0.717) is 10.8 Å². The van der Waals surface area contributed by atoms with Crippen LogP contribution in [0.3, 0.4) is 0 Å². The number of nitrogens with one attached hydrogen (secondary N) is 2. The fourth-order valence-electron chi connectivity index (χ4n) is 3.62. The predicted molar refractivity (Wildman–Crippen MR) is 129 cm³/mol. The first kappa shape index (κ1) is 21.6. The van der Waals surface area contributed by atoms with Gasteiger partial charge < -0.3 is 4.74 Å². The molecule has 1 aliphatic rings. The average Bonchev–Trinajstić information content (AvgIpc) is 3.10. The number of amides is 1. The van der Waals surface area contributed by atoms with Crippen LogP contribution in [0.4, 0.5) is 15.6 Å². The first-order valence-electron chi connectivity index (χ1n) is 10.2. The van der Waals surface area contributed by atoms with Gasteiger partial charge in [-0.3, -0.25) is 15.0 Å². The van der Waals surface area contributed by atoms with Crippen molar-refractivity contribution in [2.75, 3.05) is 16.3 Å². The number of rotatable bonds is 5. The molecule has 0 spiro atoms. The molecule has 1 saturated carbocycles. The number of ether oxygens (including phenoxy) is 1. The van der Waals surface area contributed by atoms with Gasteiger partial charge in [-0.25, -0.2) is 14.0 Å². The third-order valence-corrected chi connectivity index (χ3v) is 6.86. The van der Waals surface area contributed by atoms with E-state index in [2.05, 4.69) is 25.9 Å². The summed E-state index contributed by atoms with van der Waals surface area (Å²) >= 11 is 1.42. The van der Waals surface area contributed by atoms with E-state index < -0.39 is 15.8 Å². The molecule has 1 atom stereocenters. The molecule has 2 aromatic heterocycles. The van der Waals surface area contributed by atoms with Gasteiger partial charge in [-0.05, 0) is 62.2 Å². The number of aromatic nitrogens is 2. The maximum atomic E-state index is 12.4. The molecule has 1 aliphatic carbocycles. The number of anilines is 2. The highest BCUT2D eigenvalue weighted by Crippen LogP contribution is 2.32. The van der Waals surface area contributed by atoms with Crippen molar-refractivity contribution in [3.05, 3.63) is 36.2 Å². The number of nitrogens with zero attached hydrogens (tertiary/aromatic N) is 2. The fraction of sp³-hybridized carbons (Fsp3) is 0.364. The van der Waals surface area contributed by atoms with Gasteiger partial charge in [0.25, 0.3) is 0 Å². The second kappa shape index (κ2) is 8.84. The lowest BCUT2D eigenvalue weighted by molar-refractivity contribution is 0.0865. The van der Waals surface area contributed by atoms with Crippen molar-refractivity contribution < 1.29 is 13.7 Å². The molecular formula is C22H26N4O3S2. The highest BCUT2D eigenvalue weighted by molar-refractivity contribution is 8.01. The van der Waals surface area contributed by atoms with E-state index in [0.717, 1.165) is 52.7 Å². The summed E-state index contributed by atoms with van der Waals surface area (Å²) in [5, 5.41) is 3.43. The Bertz CT molecular complexity index is 1210. The zero-order chi connectivity index (χ0) is 22.0. The molecule has 0 bridgehead atoms. The van der Waals surface area contributed by atoms with Gasteiger partial charge in [0.1, 0.15) is 6.10 Å². The highest BCUT2D eigenvalue weighted by Gasteiger charge is 2.18. The molecule has 0 aliphatic heterocycles. The minimum absolute atomic E-state index is 0.00197. The van der Waals surface area contributed by atoms with Crippen molar-refractivity contribution in [3.8, 4) is 11.1 Å². The Hall–Kier alpha value is -2.65. The van der Waals surface area contributed by atoms with Gasteiger partial charge in [0, 0.05) is 27.7 Å². The Morgan fingerprint density at radius 2 is 2.00 bits per heavy atom. The summed E-state index contributed by atoms with van der Waals surface area (Å²) in [6, 6.07) is 7.78. The van der Waals surface area contributed by atoms with Crippen LogP contribution < -0.4 is 10.0 Å². The van der Waals surface area contributed by atoms with Gasteiger partial charge in [0.2, 0.25) is 0 Å². The first-order chi connectivity index (χ1) is 14.8. The van der Waals surface area contributed by atoms with E-state index in [9.17, 15) is 9.00 Å². The average molecular weight is 459 g/mol. The minimum Gasteiger partial charge on any atom is -0.446 e. The number of thiazole rings is 1. The molecule has 31 heavy (non-hydrogen) atoms. The van der Waals surface area contributed by atoms with Crippen LogP contribution in [0.5, 0.6) is 0 Å². The number of hydrogen-bond donors (Lipinski definition) is 2. The number of carbonyl (C=O) groups is 1. The van der Waals surface area contributed by atoms with Crippen molar-refractivity contribution >= 4 is 54.0 Å². The van der Waals surface area contributed by atoms with Crippen molar-refractivity contribution in [1.29, 1.82) is 0 Å². The molecule has 4 rings (SSSR count). The SMILES string of the molecule is C=S(C)(=O)Nc1nc2ccc(-c3cnc(C)c(NC(=O)OC4CCCCC4)c3)cc2s1. The molecule has 2 heterocycles. The number of fused-ring (bicyclic) bond motifs is 1. The topological polar surface area (TPSA) is 93.2 Å². The number of carbonyl (C=O) groups excluding carboxylic acids is 1. The summed E-state index contributed by atoms with van der Waals surface area (Å²) in [5.41, 5.74) is 4.00. The van der Waals surface area contributed by atoms with Crippen LogP contribution in [0, 0.1) is 6.92 Å². The summed E-state index contributed by atoms with van der Waals surface area (Å²) in [6.07, 6.45) is 8.16. The molecule has 1 aromatic carbocycles. The standard InChI is InChI=1S/C22H26N4O3S2/c1-14-19(25-22(27)29-17-7-5-4-6-8-17)11-16(13-23-14)15-9-10-18-20(12-15)30-21(24-18)26-31(2,3)28/h9-13,17H,2,4-8H2,1,3H3,(H,25,27)(H,24,26,28). The van der Waals surface area contributed by atoms with E-state index in [1.165, 1.54) is 24.0 Å². The molecule has 164 valence electrons. The van der Waals surface area contributed by atoms with Crippen LogP contribution in [0.1, 0.15) is 37.8 Å². The van der Waals surface area contributed by atoms with Crippen LogP contribution in [0.25, 0.3) is 21.3 Å². The minimum atomic E-state index is -2.38. The maximum Gasteiger partial charge on any atom is 0.411 e. The Kier molecular flexibility index (Phi) is 6.15. The smallest absolute Gasteiger partial charge is 0.411 e. The highest BCUT2D eigenvalue weighted by atomic mass is 32.2. The lowest BCUT2D eigenvalue weighted by Gasteiger charge is -2.22. The second-order valence-electron chi connectivity index (χ2n) is 7.96. The molecule has 9 heteroatoms. The van der Waals surface area contributed by atoms with Gasteiger partial charge in [0.05, 0.1) is 21.6 Å². The van der Waals surface area contributed by atoms with E-state index in [1.54, 1.807) is 6.20 Å². The van der Waals surface area contributed by atoms with E-state index in [-0.39, 0.29) is 6.10 Å². The summed E-state index contributed by atoms with van der Waals surface area (Å²) < 4.78 is 21.3. The van der Waals surface area contributed by atoms with E-state index >= 15 is 0 Å². The largest absolute Gasteiger partial charge is 0.446 e. The van der Waals surface area contributed by atoms with Crippen LogP contribution in [0.2, 0.25) is 0 Å². The molecule has 1 unspecified atom stereocenters. The summed E-state index contributed by atoms with van der Waals surface area (Å²) in [6.45, 7) is 1.85. The molecular weight excluding hydrogens is 432 g/mol. The molecule has 1 fully saturated rings. The fourth-order valence-corrected chi connectivity index (χ4v) is 5.49. The van der Waals surface area contributed by atoms with Gasteiger partial charge in [-0.15, -0.1) is 0 Å². The zero-order valence-electron chi connectivity index (χ0n) is 17.6. The Labute approximate surface area is 186 Å². The number of hydrogen-bond acceptors (Lipinski definition) is 6. The summed E-state index contributed by atoms with van der Waals surface area (Å²) in [5.74, 6) is 3.61. The van der Waals surface area contributed by atoms with Gasteiger partial charge >= 0.3 is 6.09 Å². The Morgan fingerprint density at radius 1 is 1.23 bits per heavy atom. The predicted octanol–water partition coefficient (Wildman–Crippen LogP) is 5.22. The first-order valence-corrected chi connectivity index (χ1v) is 13.2. The Balaban J connectivity index is 1.54. The molecule has 0 radical (unpaired) electrons. The molecule has 3 aromatic rings. The normalized spacial score (nSPS) is 16.6. The van der Waals surface area contributed by atoms with Crippen molar-refractivity contribution in [1.82, 2.24) is 9.97 Å². The van der Waals surface area contributed by atoms with Crippen LogP contribution >= 0.6 is 11.3 Å². The van der Waals surface area contributed by atoms with Gasteiger partial charge in [0.15, 0.2) is 5.13 Å². The zero-order valence-corrected chi connectivity index (χ0v) is 19.3. The lowest BCUT2D eigenvalue weighted by Crippen LogP contribution is -2.24. The molecule has 1 amide bonds. The number of pyridine rings is 1. The quantitative estimate of drug-likeness (QED) is 0.511. The number of aryl methyl sites for hydroxylation is 1. The second-order valence-corrected chi connectivity index (χ2v) is 11.2. The Morgan fingerprint density at radius 3 is 2.74 bits per heavy atom. The van der Waals surface area contributed by atoms with Crippen LogP contribution in [-0.4, -0.2) is 38.5 Å². The summed E-state index contributed by atoms with van der Waals surface area (Å²) in [4.78, 5) is 21.3. The van der Waals surface area contributed by atoms with E-state index in [1.807, 2.05) is 31.2 Å².